The standard InChI is InChI=1S/C12H14O3S/c1-2-16-11(12(14)15)8-10(13)9-6-4-3-5-7-9/h3-7,11H,2,8H2,1H3,(H,14,15). The van der Waals surface area contributed by atoms with Crippen molar-refractivity contribution in [3.8, 4) is 0 Å². The molecule has 0 saturated heterocycles. The summed E-state index contributed by atoms with van der Waals surface area (Å²) in [6.45, 7) is 1.88. The monoisotopic (exact) mass is 238 g/mol. The number of benzene rings is 1. The van der Waals surface area contributed by atoms with Crippen LogP contribution in [0.5, 0.6) is 0 Å². The van der Waals surface area contributed by atoms with E-state index in [2.05, 4.69) is 0 Å². The van der Waals surface area contributed by atoms with Gasteiger partial charge >= 0.3 is 5.97 Å². The van der Waals surface area contributed by atoms with Crippen LogP contribution in [0.15, 0.2) is 30.3 Å². The fourth-order valence-corrected chi connectivity index (χ4v) is 2.14. The van der Waals surface area contributed by atoms with E-state index in [1.165, 1.54) is 11.8 Å². The van der Waals surface area contributed by atoms with Crippen molar-refractivity contribution in [2.24, 2.45) is 0 Å². The Hall–Kier alpha value is -1.29. The van der Waals surface area contributed by atoms with Gasteiger partial charge in [0, 0.05) is 12.0 Å². The molecule has 0 aliphatic carbocycles. The number of Topliss-reactive ketones (excluding diaryl/α,β-unsaturated/α-hetero) is 1. The quantitative estimate of drug-likeness (QED) is 0.773. The zero-order chi connectivity index (χ0) is 12.0. The number of rotatable bonds is 6. The van der Waals surface area contributed by atoms with Crippen LogP contribution in [0.3, 0.4) is 0 Å². The summed E-state index contributed by atoms with van der Waals surface area (Å²) in [6.07, 6.45) is 0.0534. The summed E-state index contributed by atoms with van der Waals surface area (Å²) in [4.78, 5) is 22.6. The molecule has 4 heteroatoms. The summed E-state index contributed by atoms with van der Waals surface area (Å²) in [7, 11) is 0. The highest BCUT2D eigenvalue weighted by atomic mass is 32.2. The number of carboxylic acid groups (broad SMARTS) is 1. The molecule has 0 bridgehead atoms. The van der Waals surface area contributed by atoms with E-state index in [1.807, 2.05) is 13.0 Å². The number of carbonyl (C=O) groups is 2. The maximum Gasteiger partial charge on any atom is 0.317 e. The normalized spacial score (nSPS) is 12.1. The molecule has 1 unspecified atom stereocenters. The molecule has 1 aromatic carbocycles. The maximum atomic E-state index is 11.8. The molecule has 0 radical (unpaired) electrons. The SMILES string of the molecule is CCSC(CC(=O)c1ccccc1)C(=O)O. The van der Waals surface area contributed by atoms with Crippen molar-refractivity contribution in [1.29, 1.82) is 0 Å². The molecule has 0 fully saturated rings. The van der Waals surface area contributed by atoms with Crippen LogP contribution in [0.4, 0.5) is 0 Å². The zero-order valence-electron chi connectivity index (χ0n) is 9.05. The van der Waals surface area contributed by atoms with E-state index < -0.39 is 11.2 Å². The van der Waals surface area contributed by atoms with Crippen LogP contribution < -0.4 is 0 Å². The predicted molar refractivity (Wildman–Crippen MR) is 64.9 cm³/mol. The highest BCUT2D eigenvalue weighted by Gasteiger charge is 2.21. The number of hydrogen-bond acceptors (Lipinski definition) is 3. The van der Waals surface area contributed by atoms with Crippen molar-refractivity contribution >= 4 is 23.5 Å². The van der Waals surface area contributed by atoms with Crippen LogP contribution in [0.2, 0.25) is 0 Å². The topological polar surface area (TPSA) is 54.4 Å². The molecule has 0 aliphatic rings. The highest BCUT2D eigenvalue weighted by molar-refractivity contribution is 8.00. The first-order chi connectivity index (χ1) is 7.65. The summed E-state index contributed by atoms with van der Waals surface area (Å²) in [5.41, 5.74) is 0.574. The number of hydrogen-bond donors (Lipinski definition) is 1. The van der Waals surface area contributed by atoms with Crippen LogP contribution in [0.1, 0.15) is 23.7 Å². The Bertz CT molecular complexity index is 362. The highest BCUT2D eigenvalue weighted by Crippen LogP contribution is 2.17. The summed E-state index contributed by atoms with van der Waals surface area (Å²) in [6, 6.07) is 8.79. The molecule has 3 nitrogen and oxygen atoms in total. The third-order valence-corrected chi connectivity index (χ3v) is 3.21. The smallest absolute Gasteiger partial charge is 0.317 e. The number of carbonyl (C=O) groups excluding carboxylic acids is 1. The van der Waals surface area contributed by atoms with Gasteiger partial charge in [0.05, 0.1) is 0 Å². The average molecular weight is 238 g/mol. The van der Waals surface area contributed by atoms with Gasteiger partial charge in [0.15, 0.2) is 5.78 Å². The van der Waals surface area contributed by atoms with Crippen molar-refractivity contribution in [2.75, 3.05) is 5.75 Å². The van der Waals surface area contributed by atoms with E-state index in [0.29, 0.717) is 11.3 Å². The number of ketones is 1. The second-order valence-corrected chi connectivity index (χ2v) is 4.76. The van der Waals surface area contributed by atoms with Gasteiger partial charge in [0.25, 0.3) is 0 Å². The van der Waals surface area contributed by atoms with Crippen LogP contribution in [-0.2, 0) is 4.79 Å². The van der Waals surface area contributed by atoms with Crippen LogP contribution in [0, 0.1) is 0 Å². The second kappa shape index (κ2) is 6.33. The summed E-state index contributed by atoms with van der Waals surface area (Å²) < 4.78 is 0. The van der Waals surface area contributed by atoms with Gasteiger partial charge in [-0.05, 0) is 5.75 Å². The molecule has 1 atom stereocenters. The van der Waals surface area contributed by atoms with Gasteiger partial charge in [-0.3, -0.25) is 9.59 Å². The minimum absolute atomic E-state index is 0.0534. The Morgan fingerprint density at radius 3 is 2.44 bits per heavy atom. The van der Waals surface area contributed by atoms with Crippen LogP contribution >= 0.6 is 11.8 Å². The molecular weight excluding hydrogens is 224 g/mol. The number of aliphatic carboxylic acids is 1. The molecule has 0 saturated carbocycles. The third kappa shape index (κ3) is 3.70. The van der Waals surface area contributed by atoms with Gasteiger partial charge in [-0.25, -0.2) is 0 Å². The molecule has 1 N–H and O–H groups in total. The van der Waals surface area contributed by atoms with Gasteiger partial charge in [-0.2, -0.15) is 0 Å². The van der Waals surface area contributed by atoms with Crippen LogP contribution in [-0.4, -0.2) is 27.9 Å². The first-order valence-electron chi connectivity index (χ1n) is 5.07. The van der Waals surface area contributed by atoms with Gasteiger partial charge in [-0.1, -0.05) is 37.3 Å². The Morgan fingerprint density at radius 1 is 1.31 bits per heavy atom. The summed E-state index contributed by atoms with van der Waals surface area (Å²) in [5, 5.41) is 8.29. The van der Waals surface area contributed by atoms with E-state index >= 15 is 0 Å². The van der Waals surface area contributed by atoms with E-state index in [-0.39, 0.29) is 12.2 Å². The van der Waals surface area contributed by atoms with E-state index in [0.717, 1.165) is 0 Å². The molecule has 0 amide bonds. The molecule has 1 aromatic rings. The largest absolute Gasteiger partial charge is 0.480 e. The summed E-state index contributed by atoms with van der Waals surface area (Å²) in [5.74, 6) is -0.343. The lowest BCUT2D eigenvalue weighted by atomic mass is 10.1. The number of carboxylic acids is 1. The Labute approximate surface area is 98.9 Å². The molecule has 0 aromatic heterocycles. The fraction of sp³-hybridized carbons (Fsp3) is 0.333. The van der Waals surface area contributed by atoms with Crippen molar-refractivity contribution in [3.63, 3.8) is 0 Å². The van der Waals surface area contributed by atoms with Gasteiger partial charge in [0.2, 0.25) is 0 Å². The molecule has 0 spiro atoms. The van der Waals surface area contributed by atoms with E-state index in [9.17, 15) is 9.59 Å². The molecular formula is C12H14O3S. The summed E-state index contributed by atoms with van der Waals surface area (Å²) >= 11 is 1.29. The molecule has 0 aliphatic heterocycles. The fourth-order valence-electron chi connectivity index (χ4n) is 1.33. The van der Waals surface area contributed by atoms with Gasteiger partial charge < -0.3 is 5.11 Å². The Balaban J connectivity index is 2.65. The van der Waals surface area contributed by atoms with Crippen molar-refractivity contribution in [2.45, 2.75) is 18.6 Å². The lowest BCUT2D eigenvalue weighted by molar-refractivity contribution is -0.136. The predicted octanol–water partition coefficient (Wildman–Crippen LogP) is 2.47. The zero-order valence-corrected chi connectivity index (χ0v) is 9.87. The van der Waals surface area contributed by atoms with Crippen molar-refractivity contribution in [3.05, 3.63) is 35.9 Å². The van der Waals surface area contributed by atoms with Crippen molar-refractivity contribution in [1.82, 2.24) is 0 Å². The van der Waals surface area contributed by atoms with E-state index in [1.54, 1.807) is 24.3 Å². The lowest BCUT2D eigenvalue weighted by Crippen LogP contribution is -2.20. The van der Waals surface area contributed by atoms with Gasteiger partial charge in [0.1, 0.15) is 5.25 Å². The Kier molecular flexibility index (Phi) is 5.05. The van der Waals surface area contributed by atoms with E-state index in [4.69, 9.17) is 5.11 Å². The minimum atomic E-state index is -0.920. The van der Waals surface area contributed by atoms with Crippen LogP contribution in [0.25, 0.3) is 0 Å². The maximum absolute atomic E-state index is 11.8. The minimum Gasteiger partial charge on any atom is -0.480 e. The first kappa shape index (κ1) is 12.8. The number of thioether (sulfide) groups is 1. The average Bonchev–Trinajstić information content (AvgIpc) is 2.29. The Morgan fingerprint density at radius 2 is 1.94 bits per heavy atom. The second-order valence-electron chi connectivity index (χ2n) is 3.28. The van der Waals surface area contributed by atoms with Gasteiger partial charge in [-0.15, -0.1) is 11.8 Å². The first-order valence-corrected chi connectivity index (χ1v) is 6.12. The third-order valence-electron chi connectivity index (χ3n) is 2.11. The van der Waals surface area contributed by atoms with Crippen molar-refractivity contribution < 1.29 is 14.7 Å². The molecule has 1 rings (SSSR count). The molecule has 0 heterocycles. The molecule has 16 heavy (non-hydrogen) atoms. The lowest BCUT2D eigenvalue weighted by Gasteiger charge is -2.09. The molecule has 86 valence electrons.